The lowest BCUT2D eigenvalue weighted by molar-refractivity contribution is -0.384. The van der Waals surface area contributed by atoms with Gasteiger partial charge in [0.25, 0.3) is 5.69 Å². The zero-order valence-corrected chi connectivity index (χ0v) is 11.6. The van der Waals surface area contributed by atoms with Crippen molar-refractivity contribution in [3.05, 3.63) is 34.4 Å². The summed E-state index contributed by atoms with van der Waals surface area (Å²) in [5.74, 6) is 0. The molecule has 0 saturated heterocycles. The van der Waals surface area contributed by atoms with Crippen molar-refractivity contribution in [2.75, 3.05) is 13.1 Å². The van der Waals surface area contributed by atoms with Crippen LogP contribution in [0.4, 0.5) is 5.69 Å². The van der Waals surface area contributed by atoms with Gasteiger partial charge in [-0.15, -0.1) is 0 Å². The van der Waals surface area contributed by atoms with Crippen LogP contribution in [0.15, 0.2) is 29.2 Å². The molecule has 0 spiro atoms. The van der Waals surface area contributed by atoms with E-state index in [-0.39, 0.29) is 23.2 Å². The molecule has 8 heteroatoms. The van der Waals surface area contributed by atoms with Gasteiger partial charge in [0.2, 0.25) is 10.0 Å². The number of non-ortho nitro benzene ring substituents is 1. The van der Waals surface area contributed by atoms with Crippen LogP contribution in [0.3, 0.4) is 0 Å². The predicted octanol–water partition coefficient (Wildman–Crippen LogP) is 0.953. The first-order chi connectivity index (χ1) is 8.78. The van der Waals surface area contributed by atoms with Gasteiger partial charge < -0.3 is 5.73 Å². The third-order valence-corrected chi connectivity index (χ3v) is 4.48. The summed E-state index contributed by atoms with van der Waals surface area (Å²) in [7, 11) is -3.66. The van der Waals surface area contributed by atoms with Gasteiger partial charge in [-0.3, -0.25) is 10.1 Å². The zero-order valence-electron chi connectivity index (χ0n) is 10.8. The largest absolute Gasteiger partial charge is 0.327 e. The van der Waals surface area contributed by atoms with Gasteiger partial charge in [-0.25, -0.2) is 8.42 Å². The molecule has 0 heterocycles. The maximum Gasteiger partial charge on any atom is 0.269 e. The Bertz CT molecular complexity index is 540. The number of hydrogen-bond donors (Lipinski definition) is 1. The second-order valence-electron chi connectivity index (χ2n) is 4.18. The van der Waals surface area contributed by atoms with Gasteiger partial charge in [-0.05, 0) is 19.1 Å². The number of nitrogens with two attached hydrogens (primary N) is 1. The van der Waals surface area contributed by atoms with Gasteiger partial charge >= 0.3 is 0 Å². The molecule has 1 aromatic rings. The Morgan fingerprint density at radius 1 is 1.37 bits per heavy atom. The van der Waals surface area contributed by atoms with E-state index >= 15 is 0 Å². The number of rotatable bonds is 6. The van der Waals surface area contributed by atoms with Gasteiger partial charge in [-0.1, -0.05) is 6.92 Å². The molecule has 0 aliphatic heterocycles. The van der Waals surface area contributed by atoms with Crippen molar-refractivity contribution in [3.8, 4) is 0 Å². The third kappa shape index (κ3) is 3.72. The first-order valence-electron chi connectivity index (χ1n) is 5.79. The van der Waals surface area contributed by atoms with E-state index in [1.54, 1.807) is 13.8 Å². The average Bonchev–Trinajstić information content (AvgIpc) is 2.35. The molecule has 7 nitrogen and oxygen atoms in total. The normalized spacial score (nSPS) is 13.5. The molecule has 0 fully saturated rings. The van der Waals surface area contributed by atoms with Gasteiger partial charge in [-0.2, -0.15) is 4.31 Å². The van der Waals surface area contributed by atoms with Crippen molar-refractivity contribution in [2.24, 2.45) is 5.73 Å². The minimum absolute atomic E-state index is 0.0283. The van der Waals surface area contributed by atoms with E-state index in [1.165, 1.54) is 28.6 Å². The fraction of sp³-hybridized carbons (Fsp3) is 0.455. The van der Waals surface area contributed by atoms with Crippen LogP contribution in [0.5, 0.6) is 0 Å². The molecule has 0 saturated carbocycles. The molecule has 0 bridgehead atoms. The Morgan fingerprint density at radius 2 is 1.89 bits per heavy atom. The fourth-order valence-electron chi connectivity index (χ4n) is 1.61. The summed E-state index contributed by atoms with van der Waals surface area (Å²) in [6.07, 6.45) is 0. The van der Waals surface area contributed by atoms with E-state index in [1.807, 2.05) is 0 Å². The van der Waals surface area contributed by atoms with Crippen LogP contribution < -0.4 is 5.73 Å². The maximum absolute atomic E-state index is 12.3. The summed E-state index contributed by atoms with van der Waals surface area (Å²) in [5, 5.41) is 10.5. The molecular formula is C11H17N3O4S. The Morgan fingerprint density at radius 3 is 2.26 bits per heavy atom. The number of nitro benzene ring substituents is 1. The average molecular weight is 287 g/mol. The van der Waals surface area contributed by atoms with E-state index in [2.05, 4.69) is 0 Å². The summed E-state index contributed by atoms with van der Waals surface area (Å²) < 4.78 is 25.8. The standard InChI is InChI=1S/C11H17N3O4S/c1-3-13(8-9(2)12)19(17,18)11-6-4-10(5-7-11)14(15)16/h4-7,9H,3,8,12H2,1-2H3. The summed E-state index contributed by atoms with van der Waals surface area (Å²) in [6, 6.07) is 4.53. The second kappa shape index (κ2) is 6.09. The Hall–Kier alpha value is -1.51. The van der Waals surface area contributed by atoms with Crippen LogP contribution in [0, 0.1) is 10.1 Å². The molecule has 0 amide bonds. The number of nitrogens with zero attached hydrogens (tertiary/aromatic N) is 2. The van der Waals surface area contributed by atoms with Crippen LogP contribution >= 0.6 is 0 Å². The van der Waals surface area contributed by atoms with Crippen molar-refractivity contribution in [1.29, 1.82) is 0 Å². The van der Waals surface area contributed by atoms with E-state index in [9.17, 15) is 18.5 Å². The third-order valence-electron chi connectivity index (χ3n) is 2.53. The van der Waals surface area contributed by atoms with Crippen molar-refractivity contribution >= 4 is 15.7 Å². The van der Waals surface area contributed by atoms with Crippen LogP contribution in [0.2, 0.25) is 0 Å². The van der Waals surface area contributed by atoms with E-state index < -0.39 is 14.9 Å². The minimum atomic E-state index is -3.66. The van der Waals surface area contributed by atoms with Crippen molar-refractivity contribution in [1.82, 2.24) is 4.31 Å². The van der Waals surface area contributed by atoms with Crippen molar-refractivity contribution in [3.63, 3.8) is 0 Å². The van der Waals surface area contributed by atoms with Gasteiger partial charge in [0.05, 0.1) is 9.82 Å². The zero-order chi connectivity index (χ0) is 14.6. The molecule has 19 heavy (non-hydrogen) atoms. The number of sulfonamides is 1. The van der Waals surface area contributed by atoms with Crippen molar-refractivity contribution < 1.29 is 13.3 Å². The first-order valence-corrected chi connectivity index (χ1v) is 7.23. The molecule has 106 valence electrons. The Balaban J connectivity index is 3.08. The van der Waals surface area contributed by atoms with Gasteiger partial charge in [0.1, 0.15) is 0 Å². The van der Waals surface area contributed by atoms with Crippen molar-refractivity contribution in [2.45, 2.75) is 24.8 Å². The maximum atomic E-state index is 12.3. The van der Waals surface area contributed by atoms with Crippen LogP contribution in [-0.2, 0) is 10.0 Å². The minimum Gasteiger partial charge on any atom is -0.327 e. The summed E-state index contributed by atoms with van der Waals surface area (Å²) >= 11 is 0. The molecule has 0 radical (unpaired) electrons. The van der Waals surface area contributed by atoms with E-state index in [0.29, 0.717) is 6.54 Å². The molecule has 0 aliphatic carbocycles. The number of nitro groups is 1. The monoisotopic (exact) mass is 287 g/mol. The smallest absolute Gasteiger partial charge is 0.269 e. The lowest BCUT2D eigenvalue weighted by Crippen LogP contribution is -2.39. The summed E-state index contributed by atoms with van der Waals surface area (Å²) in [4.78, 5) is 9.98. The predicted molar refractivity (Wildman–Crippen MR) is 71.2 cm³/mol. The Kier molecular flexibility index (Phi) is 4.98. The second-order valence-corrected chi connectivity index (χ2v) is 6.12. The summed E-state index contributed by atoms with van der Waals surface area (Å²) in [6.45, 7) is 3.93. The molecule has 1 atom stereocenters. The molecule has 2 N–H and O–H groups in total. The van der Waals surface area contributed by atoms with E-state index in [0.717, 1.165) is 0 Å². The molecular weight excluding hydrogens is 270 g/mol. The number of hydrogen-bond acceptors (Lipinski definition) is 5. The van der Waals surface area contributed by atoms with Crippen LogP contribution in [0.25, 0.3) is 0 Å². The van der Waals surface area contributed by atoms with Gasteiger partial charge in [0.15, 0.2) is 0 Å². The highest BCUT2D eigenvalue weighted by Gasteiger charge is 2.24. The number of likely N-dealkylation sites (N-methyl/N-ethyl adjacent to an activating group) is 1. The molecule has 0 aromatic heterocycles. The SMILES string of the molecule is CCN(CC(C)N)S(=O)(=O)c1ccc([N+](=O)[O-])cc1. The first kappa shape index (κ1) is 15.5. The molecule has 1 unspecified atom stereocenters. The van der Waals surface area contributed by atoms with Gasteiger partial charge in [0, 0.05) is 31.3 Å². The highest BCUT2D eigenvalue weighted by Crippen LogP contribution is 2.19. The topological polar surface area (TPSA) is 107 Å². The lowest BCUT2D eigenvalue weighted by Gasteiger charge is -2.22. The Labute approximate surface area is 112 Å². The molecule has 1 aromatic carbocycles. The van der Waals surface area contributed by atoms with E-state index in [4.69, 9.17) is 5.73 Å². The molecule has 1 rings (SSSR count). The highest BCUT2D eigenvalue weighted by atomic mass is 32.2. The van der Waals surface area contributed by atoms with Crippen LogP contribution in [-0.4, -0.2) is 36.8 Å². The highest BCUT2D eigenvalue weighted by molar-refractivity contribution is 7.89. The fourth-order valence-corrected chi connectivity index (χ4v) is 3.16. The lowest BCUT2D eigenvalue weighted by atomic mass is 10.3. The number of benzene rings is 1. The molecule has 0 aliphatic rings. The quantitative estimate of drug-likeness (QED) is 0.619. The summed E-state index contributed by atoms with van der Waals surface area (Å²) in [5.41, 5.74) is 5.47. The van der Waals surface area contributed by atoms with Crippen LogP contribution in [0.1, 0.15) is 13.8 Å².